The molecule has 0 spiro atoms. The summed E-state index contributed by atoms with van der Waals surface area (Å²) >= 11 is 6.74. The largest absolute Gasteiger partial charge is 0.376 e. The van der Waals surface area contributed by atoms with E-state index < -0.39 is 0 Å². The fraction of sp³-hybridized carbons (Fsp3) is 0.357. The monoisotopic (exact) mass is 565 g/mol. The number of hydrogen-bond acceptors (Lipinski definition) is 8. The summed E-state index contributed by atoms with van der Waals surface area (Å²) in [6.07, 6.45) is 5.28. The molecule has 3 aliphatic heterocycles. The SMILES string of the molecule is Cc1ccc2nc(N3CCN(c4ccc(F)cc4)CC3)c(/C=C3/SC(=S)N(C[C@@H]4CCCO4)C3=O)c(=O)n2c1. The van der Waals surface area contributed by atoms with Crippen LogP contribution in [0.4, 0.5) is 15.9 Å². The van der Waals surface area contributed by atoms with Crippen molar-refractivity contribution in [3.05, 3.63) is 74.8 Å². The van der Waals surface area contributed by atoms with Gasteiger partial charge >= 0.3 is 0 Å². The van der Waals surface area contributed by atoms with Gasteiger partial charge in [-0.1, -0.05) is 30.0 Å². The Hall–Kier alpha value is -3.28. The van der Waals surface area contributed by atoms with E-state index in [1.807, 2.05) is 19.1 Å². The molecule has 8 nitrogen and oxygen atoms in total. The molecule has 2 aromatic heterocycles. The van der Waals surface area contributed by atoms with Crippen molar-refractivity contribution in [1.82, 2.24) is 14.3 Å². The lowest BCUT2D eigenvalue weighted by atomic mass is 10.2. The fourth-order valence-electron chi connectivity index (χ4n) is 5.22. The van der Waals surface area contributed by atoms with Crippen LogP contribution in [0.2, 0.25) is 0 Å². The van der Waals surface area contributed by atoms with Crippen LogP contribution in [0.15, 0.2) is 52.3 Å². The molecule has 5 heterocycles. The lowest BCUT2D eigenvalue weighted by molar-refractivity contribution is -0.123. The maximum Gasteiger partial charge on any atom is 0.267 e. The third-order valence-electron chi connectivity index (χ3n) is 7.32. The van der Waals surface area contributed by atoms with Gasteiger partial charge in [-0.05, 0) is 61.7 Å². The van der Waals surface area contributed by atoms with Crippen LogP contribution in [-0.4, -0.2) is 69.9 Å². The zero-order valence-electron chi connectivity index (χ0n) is 21.5. The molecule has 3 aliphatic rings. The minimum atomic E-state index is -0.265. The highest BCUT2D eigenvalue weighted by atomic mass is 32.2. The van der Waals surface area contributed by atoms with E-state index in [2.05, 4.69) is 9.80 Å². The predicted octanol–water partition coefficient (Wildman–Crippen LogP) is 3.85. The second-order valence-corrected chi connectivity index (χ2v) is 11.6. The first-order chi connectivity index (χ1) is 18.9. The zero-order chi connectivity index (χ0) is 27.1. The Morgan fingerprint density at radius 2 is 1.85 bits per heavy atom. The second-order valence-electron chi connectivity index (χ2n) is 9.97. The molecule has 0 saturated carbocycles. The van der Waals surface area contributed by atoms with Crippen LogP contribution in [0.1, 0.15) is 24.0 Å². The van der Waals surface area contributed by atoms with Crippen molar-refractivity contribution in [2.45, 2.75) is 25.9 Å². The van der Waals surface area contributed by atoms with E-state index in [0.29, 0.717) is 65.6 Å². The summed E-state index contributed by atoms with van der Waals surface area (Å²) in [5.41, 5.74) is 2.56. The highest BCUT2D eigenvalue weighted by Crippen LogP contribution is 2.34. The van der Waals surface area contributed by atoms with E-state index in [4.69, 9.17) is 21.9 Å². The Bertz CT molecular complexity index is 1530. The summed E-state index contributed by atoms with van der Waals surface area (Å²) < 4.78 is 21.1. The lowest BCUT2D eigenvalue weighted by Crippen LogP contribution is -2.47. The Kier molecular flexibility index (Phi) is 7.13. The number of thiocarbonyl (C=S) groups is 1. The minimum absolute atomic E-state index is 0.0178. The van der Waals surface area contributed by atoms with Gasteiger partial charge in [-0.25, -0.2) is 9.37 Å². The van der Waals surface area contributed by atoms with Gasteiger partial charge in [-0.3, -0.25) is 18.9 Å². The minimum Gasteiger partial charge on any atom is -0.376 e. The van der Waals surface area contributed by atoms with E-state index in [-0.39, 0.29) is 23.4 Å². The van der Waals surface area contributed by atoms with E-state index >= 15 is 0 Å². The van der Waals surface area contributed by atoms with Gasteiger partial charge in [0, 0.05) is 44.7 Å². The molecule has 6 rings (SSSR count). The average Bonchev–Trinajstić information content (AvgIpc) is 3.55. The van der Waals surface area contributed by atoms with Crippen molar-refractivity contribution < 1.29 is 13.9 Å². The van der Waals surface area contributed by atoms with Gasteiger partial charge in [-0.15, -0.1) is 0 Å². The summed E-state index contributed by atoms with van der Waals surface area (Å²) in [5.74, 6) is 0.0765. The number of piperazine rings is 1. The number of carbonyl (C=O) groups excluding carboxylic acids is 1. The number of anilines is 2. The number of ether oxygens (including phenoxy) is 1. The van der Waals surface area contributed by atoms with Crippen molar-refractivity contribution in [1.29, 1.82) is 0 Å². The molecule has 0 N–H and O–H groups in total. The number of benzene rings is 1. The van der Waals surface area contributed by atoms with Crippen molar-refractivity contribution >= 4 is 57.4 Å². The molecular formula is C28H28FN5O3S2. The number of rotatable bonds is 5. The third-order valence-corrected chi connectivity index (χ3v) is 8.69. The Morgan fingerprint density at radius 1 is 1.10 bits per heavy atom. The van der Waals surface area contributed by atoms with Crippen LogP contribution in [0.5, 0.6) is 0 Å². The van der Waals surface area contributed by atoms with Crippen LogP contribution in [0.3, 0.4) is 0 Å². The van der Waals surface area contributed by atoms with E-state index in [1.165, 1.54) is 28.3 Å². The molecule has 0 aliphatic carbocycles. The standard InChI is InChI=1S/C28H28FN5O3S2/c1-18-4-9-24-30-25(32-12-10-31(11-13-32)20-7-5-19(29)6-8-20)22(26(35)33(24)16-18)15-23-27(36)34(28(38)39-23)17-21-3-2-14-37-21/h4-9,15-16,21H,2-3,10-14,17H2,1H3/b23-15+/t21-/m0/s1. The van der Waals surface area contributed by atoms with Gasteiger partial charge in [0.2, 0.25) is 0 Å². The molecule has 3 fully saturated rings. The van der Waals surface area contributed by atoms with Crippen LogP contribution in [0, 0.1) is 12.7 Å². The van der Waals surface area contributed by atoms with Crippen LogP contribution >= 0.6 is 24.0 Å². The first kappa shape index (κ1) is 26.0. The number of nitrogens with zero attached hydrogens (tertiary/aromatic N) is 5. The van der Waals surface area contributed by atoms with Crippen molar-refractivity contribution in [3.8, 4) is 0 Å². The summed E-state index contributed by atoms with van der Waals surface area (Å²) in [4.78, 5) is 38.3. The Balaban J connectivity index is 1.33. The molecule has 0 bridgehead atoms. The van der Waals surface area contributed by atoms with Gasteiger partial charge in [-0.2, -0.15) is 0 Å². The number of aryl methyl sites for hydroxylation is 1. The number of pyridine rings is 1. The molecule has 1 atom stereocenters. The number of hydrogen-bond donors (Lipinski definition) is 0. The number of fused-ring (bicyclic) bond motifs is 1. The molecule has 3 aromatic rings. The first-order valence-electron chi connectivity index (χ1n) is 13.0. The highest BCUT2D eigenvalue weighted by molar-refractivity contribution is 8.26. The molecule has 202 valence electrons. The van der Waals surface area contributed by atoms with Gasteiger partial charge in [0.15, 0.2) is 0 Å². The molecule has 39 heavy (non-hydrogen) atoms. The number of halogens is 1. The molecule has 3 saturated heterocycles. The van der Waals surface area contributed by atoms with E-state index in [9.17, 15) is 14.0 Å². The smallest absolute Gasteiger partial charge is 0.267 e. The average molecular weight is 566 g/mol. The van der Waals surface area contributed by atoms with Gasteiger partial charge < -0.3 is 14.5 Å². The normalized spacial score (nSPS) is 21.1. The fourth-order valence-corrected chi connectivity index (χ4v) is 6.48. The topological polar surface area (TPSA) is 70.4 Å². The van der Waals surface area contributed by atoms with Gasteiger partial charge in [0.05, 0.1) is 23.1 Å². The number of amides is 1. The Labute approximate surface area is 235 Å². The Morgan fingerprint density at radius 3 is 2.56 bits per heavy atom. The molecular weight excluding hydrogens is 537 g/mol. The maximum absolute atomic E-state index is 13.8. The molecule has 1 aromatic carbocycles. The molecule has 1 amide bonds. The van der Waals surface area contributed by atoms with Crippen LogP contribution < -0.4 is 15.4 Å². The van der Waals surface area contributed by atoms with Crippen LogP contribution in [-0.2, 0) is 9.53 Å². The highest BCUT2D eigenvalue weighted by Gasteiger charge is 2.35. The summed E-state index contributed by atoms with van der Waals surface area (Å²) in [6, 6.07) is 10.2. The van der Waals surface area contributed by atoms with Crippen molar-refractivity contribution in [3.63, 3.8) is 0 Å². The molecule has 0 radical (unpaired) electrons. The van der Waals surface area contributed by atoms with Crippen LogP contribution in [0.25, 0.3) is 11.7 Å². The third kappa shape index (κ3) is 5.18. The quantitative estimate of drug-likeness (QED) is 0.342. The lowest BCUT2D eigenvalue weighted by Gasteiger charge is -2.37. The van der Waals surface area contributed by atoms with E-state index in [0.717, 1.165) is 24.1 Å². The number of aromatic nitrogens is 2. The summed E-state index contributed by atoms with van der Waals surface area (Å²) in [6.45, 7) is 5.65. The number of carbonyl (C=O) groups is 1. The predicted molar refractivity (Wildman–Crippen MR) is 156 cm³/mol. The molecule has 11 heteroatoms. The summed E-state index contributed by atoms with van der Waals surface area (Å²) in [5, 5.41) is 0. The van der Waals surface area contributed by atoms with Crippen molar-refractivity contribution in [2.75, 3.05) is 49.1 Å². The summed E-state index contributed by atoms with van der Waals surface area (Å²) in [7, 11) is 0. The van der Waals surface area contributed by atoms with Gasteiger partial charge in [0.1, 0.15) is 21.6 Å². The zero-order valence-corrected chi connectivity index (χ0v) is 23.1. The maximum atomic E-state index is 13.8. The molecule has 0 unspecified atom stereocenters. The van der Waals surface area contributed by atoms with Crippen molar-refractivity contribution in [2.24, 2.45) is 0 Å². The number of thioether (sulfide) groups is 1. The van der Waals surface area contributed by atoms with Gasteiger partial charge in [0.25, 0.3) is 11.5 Å². The first-order valence-corrected chi connectivity index (χ1v) is 14.3. The van der Waals surface area contributed by atoms with E-state index in [1.54, 1.807) is 29.3 Å². The second kappa shape index (κ2) is 10.7.